The first kappa shape index (κ1) is 22.7. The van der Waals surface area contributed by atoms with E-state index >= 15 is 0 Å². The topological polar surface area (TPSA) is 118 Å². The van der Waals surface area contributed by atoms with Gasteiger partial charge in [-0.05, 0) is 61.7 Å². The molecule has 0 unspecified atom stereocenters. The minimum Gasteiger partial charge on any atom is -0.459 e. The molecule has 8 nitrogen and oxygen atoms in total. The van der Waals surface area contributed by atoms with Crippen molar-refractivity contribution in [3.63, 3.8) is 0 Å². The molecule has 31 heavy (non-hydrogen) atoms. The first-order valence-corrected chi connectivity index (χ1v) is 11.8. The van der Waals surface area contributed by atoms with E-state index in [0.717, 1.165) is 16.9 Å². The largest absolute Gasteiger partial charge is 0.459 e. The standard InChI is InChI=1S/C21H23N3O5S2/c1-13-6-7-14(2)17(11-13)31(27,28)23-9-8-22-21(26)19-15(3)12-18(30-19)24-20(25)16-5-4-10-29-16/h4-7,10-12,23H,8-9H2,1-3H3,(H,22,26)(H,24,25). The van der Waals surface area contributed by atoms with Crippen molar-refractivity contribution in [2.24, 2.45) is 0 Å². The smallest absolute Gasteiger partial charge is 0.291 e. The minimum atomic E-state index is -3.67. The molecule has 1 aromatic carbocycles. The molecule has 0 spiro atoms. The highest BCUT2D eigenvalue weighted by Gasteiger charge is 2.18. The lowest BCUT2D eigenvalue weighted by molar-refractivity contribution is 0.0956. The third-order valence-corrected chi connectivity index (χ3v) is 7.20. The Morgan fingerprint density at radius 3 is 2.48 bits per heavy atom. The van der Waals surface area contributed by atoms with Crippen molar-refractivity contribution < 1.29 is 22.4 Å². The first-order valence-electron chi connectivity index (χ1n) is 9.48. The highest BCUT2D eigenvalue weighted by Crippen LogP contribution is 2.27. The number of aryl methyl sites for hydroxylation is 3. The number of nitrogens with one attached hydrogen (secondary N) is 3. The van der Waals surface area contributed by atoms with Gasteiger partial charge in [-0.2, -0.15) is 0 Å². The number of hydrogen-bond donors (Lipinski definition) is 3. The van der Waals surface area contributed by atoms with Crippen LogP contribution >= 0.6 is 11.3 Å². The van der Waals surface area contributed by atoms with Crippen molar-refractivity contribution in [3.8, 4) is 0 Å². The molecule has 0 radical (unpaired) electrons. The summed E-state index contributed by atoms with van der Waals surface area (Å²) in [5.74, 6) is -0.570. The summed E-state index contributed by atoms with van der Waals surface area (Å²) in [6.45, 7) is 5.49. The van der Waals surface area contributed by atoms with E-state index in [4.69, 9.17) is 4.42 Å². The van der Waals surface area contributed by atoms with Crippen molar-refractivity contribution in [2.45, 2.75) is 25.7 Å². The number of carbonyl (C=O) groups excluding carboxylic acids is 2. The van der Waals surface area contributed by atoms with Crippen LogP contribution in [0.3, 0.4) is 0 Å². The number of hydrogen-bond acceptors (Lipinski definition) is 6. The fraction of sp³-hybridized carbons (Fsp3) is 0.238. The Morgan fingerprint density at radius 2 is 1.77 bits per heavy atom. The number of furan rings is 1. The third-order valence-electron chi connectivity index (χ3n) is 4.44. The molecular formula is C21H23N3O5S2. The van der Waals surface area contributed by atoms with E-state index in [0.29, 0.717) is 21.0 Å². The van der Waals surface area contributed by atoms with Gasteiger partial charge in [0.1, 0.15) is 0 Å². The van der Waals surface area contributed by atoms with Gasteiger partial charge in [0, 0.05) is 13.1 Å². The number of carbonyl (C=O) groups is 2. The normalized spacial score (nSPS) is 11.3. The molecular weight excluding hydrogens is 438 g/mol. The van der Waals surface area contributed by atoms with E-state index in [1.54, 1.807) is 44.2 Å². The van der Waals surface area contributed by atoms with Crippen LogP contribution in [-0.2, 0) is 10.0 Å². The zero-order chi connectivity index (χ0) is 22.6. The molecule has 0 aliphatic carbocycles. The SMILES string of the molecule is Cc1ccc(C)c(S(=O)(=O)NCCNC(=O)c2sc(NC(=O)c3ccco3)cc2C)c1. The molecule has 0 aliphatic rings. The third kappa shape index (κ3) is 5.60. The predicted molar refractivity (Wildman–Crippen MR) is 119 cm³/mol. The highest BCUT2D eigenvalue weighted by molar-refractivity contribution is 7.89. The number of benzene rings is 1. The van der Waals surface area contributed by atoms with Gasteiger partial charge >= 0.3 is 0 Å². The fourth-order valence-corrected chi connectivity index (χ4v) is 5.21. The van der Waals surface area contributed by atoms with Crippen LogP contribution in [0.25, 0.3) is 0 Å². The summed E-state index contributed by atoms with van der Waals surface area (Å²) in [6.07, 6.45) is 1.40. The lowest BCUT2D eigenvalue weighted by atomic mass is 10.2. The second-order valence-corrected chi connectivity index (χ2v) is 9.76. The van der Waals surface area contributed by atoms with Crippen LogP contribution in [-0.4, -0.2) is 33.3 Å². The van der Waals surface area contributed by atoms with Crippen molar-refractivity contribution in [1.82, 2.24) is 10.0 Å². The number of anilines is 1. The van der Waals surface area contributed by atoms with E-state index in [9.17, 15) is 18.0 Å². The van der Waals surface area contributed by atoms with Gasteiger partial charge < -0.3 is 15.1 Å². The van der Waals surface area contributed by atoms with Gasteiger partial charge in [-0.15, -0.1) is 11.3 Å². The van der Waals surface area contributed by atoms with Gasteiger partial charge in [0.2, 0.25) is 10.0 Å². The van der Waals surface area contributed by atoms with E-state index in [1.807, 2.05) is 13.0 Å². The van der Waals surface area contributed by atoms with Crippen molar-refractivity contribution in [3.05, 3.63) is 70.0 Å². The number of thiophene rings is 1. The molecule has 0 atom stereocenters. The van der Waals surface area contributed by atoms with Gasteiger partial charge in [0.25, 0.3) is 11.8 Å². The van der Waals surface area contributed by atoms with E-state index in [2.05, 4.69) is 15.4 Å². The Balaban J connectivity index is 1.54. The molecule has 164 valence electrons. The number of rotatable bonds is 8. The van der Waals surface area contributed by atoms with Crippen LogP contribution in [0.1, 0.15) is 36.9 Å². The van der Waals surface area contributed by atoms with Crippen LogP contribution in [0.5, 0.6) is 0 Å². The van der Waals surface area contributed by atoms with Crippen LogP contribution in [0.2, 0.25) is 0 Å². The Kier molecular flexibility index (Phi) is 6.94. The number of amides is 2. The molecule has 0 fully saturated rings. The van der Waals surface area contributed by atoms with Gasteiger partial charge in [-0.3, -0.25) is 9.59 Å². The molecule has 3 N–H and O–H groups in total. The zero-order valence-corrected chi connectivity index (χ0v) is 18.9. The highest BCUT2D eigenvalue weighted by atomic mass is 32.2. The Morgan fingerprint density at radius 1 is 1.00 bits per heavy atom. The van der Waals surface area contributed by atoms with Gasteiger partial charge in [-0.25, -0.2) is 13.1 Å². The molecule has 3 rings (SSSR count). The van der Waals surface area contributed by atoms with Crippen molar-refractivity contribution >= 4 is 38.2 Å². The molecule has 2 heterocycles. The summed E-state index contributed by atoms with van der Waals surface area (Å²) >= 11 is 1.13. The van der Waals surface area contributed by atoms with Crippen LogP contribution < -0.4 is 15.4 Å². The Bertz CT molecular complexity index is 1200. The molecule has 0 saturated carbocycles. The van der Waals surface area contributed by atoms with Crippen LogP contribution in [0, 0.1) is 20.8 Å². The summed E-state index contributed by atoms with van der Waals surface area (Å²) in [5, 5.41) is 5.90. The van der Waals surface area contributed by atoms with Crippen LogP contribution in [0.15, 0.2) is 52.0 Å². The number of sulfonamides is 1. The van der Waals surface area contributed by atoms with E-state index in [1.165, 1.54) is 6.26 Å². The fourth-order valence-electron chi connectivity index (χ4n) is 2.87. The average molecular weight is 462 g/mol. The summed E-state index contributed by atoms with van der Waals surface area (Å²) in [4.78, 5) is 25.2. The maximum Gasteiger partial charge on any atom is 0.291 e. The molecule has 2 amide bonds. The summed E-state index contributed by atoms with van der Waals surface area (Å²) in [7, 11) is -3.67. The van der Waals surface area contributed by atoms with Crippen molar-refractivity contribution in [2.75, 3.05) is 18.4 Å². The Hall–Kier alpha value is -2.95. The van der Waals surface area contributed by atoms with E-state index in [-0.39, 0.29) is 29.7 Å². The van der Waals surface area contributed by atoms with Gasteiger partial charge in [0.05, 0.1) is 21.0 Å². The summed E-state index contributed by atoms with van der Waals surface area (Å²) in [5.41, 5.74) is 2.20. The molecule has 3 aromatic rings. The second kappa shape index (κ2) is 9.46. The van der Waals surface area contributed by atoms with Gasteiger partial charge in [0.15, 0.2) is 5.76 Å². The lowest BCUT2D eigenvalue weighted by Gasteiger charge is -2.10. The minimum absolute atomic E-state index is 0.0496. The lowest BCUT2D eigenvalue weighted by Crippen LogP contribution is -2.34. The average Bonchev–Trinajstić information content (AvgIpc) is 3.37. The summed E-state index contributed by atoms with van der Waals surface area (Å²) < 4.78 is 32.6. The molecule has 0 saturated heterocycles. The summed E-state index contributed by atoms with van der Waals surface area (Å²) in [6, 6.07) is 10.1. The quantitative estimate of drug-likeness (QED) is 0.445. The molecule has 2 aromatic heterocycles. The van der Waals surface area contributed by atoms with Gasteiger partial charge in [-0.1, -0.05) is 12.1 Å². The van der Waals surface area contributed by atoms with E-state index < -0.39 is 15.9 Å². The van der Waals surface area contributed by atoms with Crippen molar-refractivity contribution in [1.29, 1.82) is 0 Å². The first-order chi connectivity index (χ1) is 14.7. The molecule has 0 aliphatic heterocycles. The maximum atomic E-state index is 12.5. The Labute approximate surface area is 184 Å². The maximum absolute atomic E-state index is 12.5. The second-order valence-electron chi connectivity index (χ2n) is 6.98. The molecule has 10 heteroatoms. The zero-order valence-electron chi connectivity index (χ0n) is 17.3. The monoisotopic (exact) mass is 461 g/mol. The molecule has 0 bridgehead atoms. The van der Waals surface area contributed by atoms with Crippen LogP contribution in [0.4, 0.5) is 5.00 Å². The predicted octanol–water partition coefficient (Wildman–Crippen LogP) is 3.23.